The summed E-state index contributed by atoms with van der Waals surface area (Å²) in [6, 6.07) is 9.21. The number of pyridine rings is 1. The first kappa shape index (κ1) is 17.7. The summed E-state index contributed by atoms with van der Waals surface area (Å²) in [5.41, 5.74) is 2.89. The smallest absolute Gasteiger partial charge is 0.182 e. The number of hydrogen-bond donors (Lipinski definition) is 0. The molecule has 0 amide bonds. The van der Waals surface area contributed by atoms with E-state index in [0.29, 0.717) is 0 Å². The molecule has 0 unspecified atom stereocenters. The number of aromatic nitrogens is 1. The molecule has 3 rings (SSSR count). The molecule has 0 radical (unpaired) electrons. The Bertz CT molecular complexity index is 809. The highest BCUT2D eigenvalue weighted by Crippen LogP contribution is 2.32. The molecule has 1 saturated heterocycles. The third-order valence-corrected chi connectivity index (χ3v) is 5.38. The van der Waals surface area contributed by atoms with Crippen molar-refractivity contribution >= 4 is 24.0 Å². The number of methoxy groups -OCH3 is 1. The molecule has 1 atom stereocenters. The van der Waals surface area contributed by atoms with E-state index in [4.69, 9.17) is 9.47 Å². The molecule has 1 aromatic heterocycles. The first-order chi connectivity index (χ1) is 12.1. The SMILES string of the molecule is COc1ccc(/C=C/n2c(C)cc(=O)cc2C)cc1O[C@@H]1CCSC1. The Morgan fingerprint density at radius 1 is 1.16 bits per heavy atom. The van der Waals surface area contributed by atoms with Gasteiger partial charge < -0.3 is 14.0 Å². The van der Waals surface area contributed by atoms with Gasteiger partial charge in [0, 0.05) is 35.5 Å². The van der Waals surface area contributed by atoms with Crippen LogP contribution in [0.5, 0.6) is 11.5 Å². The Morgan fingerprint density at radius 2 is 1.92 bits per heavy atom. The summed E-state index contributed by atoms with van der Waals surface area (Å²) in [6.07, 6.45) is 5.31. The summed E-state index contributed by atoms with van der Waals surface area (Å²) >= 11 is 1.92. The Balaban J connectivity index is 1.86. The van der Waals surface area contributed by atoms with Crippen molar-refractivity contribution in [2.45, 2.75) is 26.4 Å². The van der Waals surface area contributed by atoms with Gasteiger partial charge in [0.25, 0.3) is 0 Å². The number of thioether (sulfide) groups is 1. The molecule has 0 saturated carbocycles. The van der Waals surface area contributed by atoms with Crippen molar-refractivity contribution in [3.8, 4) is 11.5 Å². The van der Waals surface area contributed by atoms with E-state index in [9.17, 15) is 4.79 Å². The normalized spacial score (nSPS) is 17.2. The number of aryl methyl sites for hydroxylation is 2. The van der Waals surface area contributed by atoms with E-state index in [2.05, 4.69) is 0 Å². The Hall–Kier alpha value is -2.14. The van der Waals surface area contributed by atoms with Crippen LogP contribution < -0.4 is 14.9 Å². The highest BCUT2D eigenvalue weighted by molar-refractivity contribution is 7.99. The van der Waals surface area contributed by atoms with Gasteiger partial charge in [-0.05, 0) is 49.8 Å². The van der Waals surface area contributed by atoms with Crippen molar-refractivity contribution in [2.75, 3.05) is 18.6 Å². The van der Waals surface area contributed by atoms with Crippen LogP contribution in [-0.4, -0.2) is 29.3 Å². The quantitative estimate of drug-likeness (QED) is 0.811. The molecule has 132 valence electrons. The van der Waals surface area contributed by atoms with Gasteiger partial charge in [0.1, 0.15) is 6.10 Å². The third-order valence-electron chi connectivity index (χ3n) is 4.25. The van der Waals surface area contributed by atoms with Gasteiger partial charge in [-0.1, -0.05) is 6.07 Å². The molecule has 2 heterocycles. The van der Waals surface area contributed by atoms with Gasteiger partial charge in [-0.2, -0.15) is 11.8 Å². The van der Waals surface area contributed by atoms with E-state index in [-0.39, 0.29) is 11.5 Å². The van der Waals surface area contributed by atoms with Crippen LogP contribution in [-0.2, 0) is 0 Å². The molecule has 25 heavy (non-hydrogen) atoms. The molecule has 0 spiro atoms. The summed E-state index contributed by atoms with van der Waals surface area (Å²) < 4.78 is 13.6. The lowest BCUT2D eigenvalue weighted by Crippen LogP contribution is -2.15. The summed E-state index contributed by atoms with van der Waals surface area (Å²) in [7, 11) is 1.66. The lowest BCUT2D eigenvalue weighted by molar-refractivity contribution is 0.218. The van der Waals surface area contributed by atoms with Crippen molar-refractivity contribution in [1.29, 1.82) is 0 Å². The van der Waals surface area contributed by atoms with Crippen molar-refractivity contribution in [3.63, 3.8) is 0 Å². The van der Waals surface area contributed by atoms with E-state index in [1.807, 2.05) is 60.7 Å². The Morgan fingerprint density at radius 3 is 2.56 bits per heavy atom. The zero-order valence-corrected chi connectivity index (χ0v) is 15.6. The minimum absolute atomic E-state index is 0.0363. The molecule has 0 bridgehead atoms. The van der Waals surface area contributed by atoms with Crippen LogP contribution in [0.25, 0.3) is 12.3 Å². The maximum absolute atomic E-state index is 11.5. The maximum atomic E-state index is 11.5. The molecular weight excluding hydrogens is 334 g/mol. The van der Waals surface area contributed by atoms with Crippen molar-refractivity contribution in [1.82, 2.24) is 4.57 Å². The summed E-state index contributed by atoms with van der Waals surface area (Å²) in [5.74, 6) is 3.71. The fraction of sp³-hybridized carbons (Fsp3) is 0.350. The maximum Gasteiger partial charge on any atom is 0.182 e. The van der Waals surface area contributed by atoms with E-state index in [0.717, 1.165) is 46.4 Å². The lowest BCUT2D eigenvalue weighted by Gasteiger charge is -2.16. The fourth-order valence-corrected chi connectivity index (χ4v) is 4.03. The predicted molar refractivity (Wildman–Crippen MR) is 105 cm³/mol. The van der Waals surface area contributed by atoms with Crippen molar-refractivity contribution < 1.29 is 9.47 Å². The van der Waals surface area contributed by atoms with Gasteiger partial charge >= 0.3 is 0 Å². The van der Waals surface area contributed by atoms with Crippen LogP contribution in [0.3, 0.4) is 0 Å². The molecule has 1 aromatic carbocycles. The largest absolute Gasteiger partial charge is 0.493 e. The second-order valence-electron chi connectivity index (χ2n) is 6.17. The zero-order chi connectivity index (χ0) is 17.8. The van der Waals surface area contributed by atoms with Gasteiger partial charge in [0.05, 0.1) is 7.11 Å². The molecule has 1 fully saturated rings. The van der Waals surface area contributed by atoms with Crippen LogP contribution >= 0.6 is 11.8 Å². The first-order valence-corrected chi connectivity index (χ1v) is 9.53. The average Bonchev–Trinajstić information content (AvgIpc) is 3.07. The van der Waals surface area contributed by atoms with E-state index in [1.165, 1.54) is 0 Å². The molecular formula is C20H23NO3S. The number of ether oxygens (including phenoxy) is 2. The number of rotatable bonds is 5. The van der Waals surface area contributed by atoms with Crippen LogP contribution in [0.2, 0.25) is 0 Å². The topological polar surface area (TPSA) is 40.5 Å². The van der Waals surface area contributed by atoms with Gasteiger partial charge in [0.2, 0.25) is 0 Å². The van der Waals surface area contributed by atoms with Crippen LogP contribution in [0.4, 0.5) is 0 Å². The van der Waals surface area contributed by atoms with E-state index < -0.39 is 0 Å². The number of nitrogens with zero attached hydrogens (tertiary/aromatic N) is 1. The third kappa shape index (κ3) is 4.28. The Kier molecular flexibility index (Phi) is 5.53. The van der Waals surface area contributed by atoms with E-state index >= 15 is 0 Å². The summed E-state index contributed by atoms with van der Waals surface area (Å²) in [5, 5.41) is 0. The highest BCUT2D eigenvalue weighted by atomic mass is 32.2. The zero-order valence-electron chi connectivity index (χ0n) is 14.8. The second-order valence-corrected chi connectivity index (χ2v) is 7.32. The minimum Gasteiger partial charge on any atom is -0.493 e. The first-order valence-electron chi connectivity index (χ1n) is 8.37. The number of benzene rings is 1. The van der Waals surface area contributed by atoms with Crippen molar-refractivity contribution in [3.05, 3.63) is 57.5 Å². The Labute approximate surface area is 152 Å². The summed E-state index contributed by atoms with van der Waals surface area (Å²) in [6.45, 7) is 3.86. The van der Waals surface area contributed by atoms with Crippen LogP contribution in [0.1, 0.15) is 23.4 Å². The number of hydrogen-bond acceptors (Lipinski definition) is 4. The molecule has 0 N–H and O–H groups in total. The standard InChI is InChI=1S/C20H23NO3S/c1-14-10-17(22)11-15(2)21(14)8-6-16-4-5-19(23-3)20(12-16)24-18-7-9-25-13-18/h4-6,8,10-12,18H,7,9,13H2,1-3H3/b8-6+/t18-/m1/s1. The van der Waals surface area contributed by atoms with Crippen LogP contribution in [0, 0.1) is 13.8 Å². The monoisotopic (exact) mass is 357 g/mol. The van der Waals surface area contributed by atoms with Crippen molar-refractivity contribution in [2.24, 2.45) is 0 Å². The fourth-order valence-electron chi connectivity index (χ4n) is 2.94. The molecule has 2 aromatic rings. The van der Waals surface area contributed by atoms with Gasteiger partial charge in [-0.25, -0.2) is 0 Å². The van der Waals surface area contributed by atoms with Gasteiger partial charge in [-0.15, -0.1) is 0 Å². The predicted octanol–water partition coefficient (Wildman–Crippen LogP) is 3.99. The average molecular weight is 357 g/mol. The lowest BCUT2D eigenvalue weighted by atomic mass is 10.2. The molecule has 4 nitrogen and oxygen atoms in total. The second kappa shape index (κ2) is 7.83. The van der Waals surface area contributed by atoms with Crippen LogP contribution in [0.15, 0.2) is 35.1 Å². The molecule has 0 aliphatic carbocycles. The molecule has 5 heteroatoms. The molecule has 1 aliphatic heterocycles. The minimum atomic E-state index is 0.0363. The van der Waals surface area contributed by atoms with E-state index in [1.54, 1.807) is 19.2 Å². The summed E-state index contributed by atoms with van der Waals surface area (Å²) in [4.78, 5) is 11.5. The highest BCUT2D eigenvalue weighted by Gasteiger charge is 2.18. The van der Waals surface area contributed by atoms with Gasteiger partial charge in [0.15, 0.2) is 16.9 Å². The molecule has 1 aliphatic rings. The van der Waals surface area contributed by atoms with Gasteiger partial charge in [-0.3, -0.25) is 4.79 Å².